The van der Waals surface area contributed by atoms with Crippen LogP contribution in [0.3, 0.4) is 0 Å². The van der Waals surface area contributed by atoms with Gasteiger partial charge in [-0.15, -0.1) is 6.58 Å². The molecule has 0 aromatic rings. The van der Waals surface area contributed by atoms with Crippen molar-refractivity contribution < 1.29 is 4.74 Å². The van der Waals surface area contributed by atoms with Gasteiger partial charge in [-0.1, -0.05) is 6.08 Å². The minimum absolute atomic E-state index is 0.513. The van der Waals surface area contributed by atoms with Crippen LogP contribution in [0.15, 0.2) is 17.8 Å². The number of ether oxygens (including phenoxy) is 1. The molecule has 0 radical (unpaired) electrons. The molecule has 1 rings (SSSR count). The Hall–Kier alpha value is -0.940. The number of hydrogen-bond acceptors (Lipinski definition) is 3. The van der Waals surface area contributed by atoms with Crippen LogP contribution in [0.25, 0.3) is 0 Å². The van der Waals surface area contributed by atoms with E-state index in [1.54, 1.807) is 6.08 Å². The van der Waals surface area contributed by atoms with E-state index in [4.69, 9.17) is 17.0 Å². The summed E-state index contributed by atoms with van der Waals surface area (Å²) >= 11 is 4.94. The Morgan fingerprint density at radius 2 is 2.62 bits per heavy atom. The van der Waals surface area contributed by atoms with Crippen molar-refractivity contribution in [3.05, 3.63) is 12.7 Å². The molecule has 72 valence electrons. The van der Waals surface area contributed by atoms with Crippen molar-refractivity contribution in [1.82, 2.24) is 10.7 Å². The molecule has 1 aliphatic rings. The number of hydrogen-bond donors (Lipinski definition) is 2. The van der Waals surface area contributed by atoms with E-state index in [9.17, 15) is 0 Å². The number of rotatable bonds is 3. The molecule has 4 nitrogen and oxygen atoms in total. The second kappa shape index (κ2) is 5.66. The van der Waals surface area contributed by atoms with Crippen LogP contribution >= 0.6 is 12.2 Å². The molecule has 0 unspecified atom stereocenters. The van der Waals surface area contributed by atoms with Crippen molar-refractivity contribution >= 4 is 23.0 Å². The van der Waals surface area contributed by atoms with Gasteiger partial charge in [-0.2, -0.15) is 5.10 Å². The van der Waals surface area contributed by atoms with E-state index in [1.165, 1.54) is 0 Å². The molecule has 5 heteroatoms. The van der Waals surface area contributed by atoms with Gasteiger partial charge in [0.2, 0.25) is 0 Å². The molecule has 1 heterocycles. The maximum atomic E-state index is 5.12. The highest BCUT2D eigenvalue weighted by Crippen LogP contribution is 1.97. The molecule has 0 saturated carbocycles. The van der Waals surface area contributed by atoms with E-state index in [0.29, 0.717) is 18.3 Å². The molecule has 2 N–H and O–H groups in total. The lowest BCUT2D eigenvalue weighted by molar-refractivity contribution is 0.209. The van der Waals surface area contributed by atoms with Crippen LogP contribution in [-0.4, -0.2) is 30.6 Å². The summed E-state index contributed by atoms with van der Waals surface area (Å²) in [6.07, 6.45) is 2.62. The average molecular weight is 199 g/mol. The molecule has 1 fully saturated rings. The highest BCUT2D eigenvalue weighted by molar-refractivity contribution is 7.80. The van der Waals surface area contributed by atoms with Gasteiger partial charge in [0.1, 0.15) is 0 Å². The summed E-state index contributed by atoms with van der Waals surface area (Å²) in [5.41, 5.74) is 3.74. The highest BCUT2D eigenvalue weighted by atomic mass is 32.1. The molecule has 1 saturated heterocycles. The summed E-state index contributed by atoms with van der Waals surface area (Å²) in [7, 11) is 0. The van der Waals surface area contributed by atoms with E-state index < -0.39 is 0 Å². The Kier molecular flexibility index (Phi) is 4.42. The van der Waals surface area contributed by atoms with Crippen LogP contribution in [0.1, 0.15) is 6.42 Å². The van der Waals surface area contributed by atoms with Gasteiger partial charge in [0.25, 0.3) is 0 Å². The van der Waals surface area contributed by atoms with E-state index in [-0.39, 0.29) is 0 Å². The Balaban J connectivity index is 2.20. The quantitative estimate of drug-likeness (QED) is 0.393. The number of nitrogens with one attached hydrogen (secondary N) is 2. The van der Waals surface area contributed by atoms with Gasteiger partial charge < -0.3 is 10.1 Å². The van der Waals surface area contributed by atoms with Crippen molar-refractivity contribution in [2.24, 2.45) is 5.10 Å². The van der Waals surface area contributed by atoms with E-state index >= 15 is 0 Å². The lowest BCUT2D eigenvalue weighted by Gasteiger charge is -2.03. The lowest BCUT2D eigenvalue weighted by atomic mass is 10.3. The third kappa shape index (κ3) is 4.00. The Bertz CT molecular complexity index is 219. The first-order valence-corrected chi connectivity index (χ1v) is 4.51. The maximum Gasteiger partial charge on any atom is 0.187 e. The number of nitrogens with zero attached hydrogens (tertiary/aromatic N) is 1. The molecule has 13 heavy (non-hydrogen) atoms. The second-order valence-corrected chi connectivity index (χ2v) is 3.00. The predicted octanol–water partition coefficient (Wildman–Crippen LogP) is 0.413. The summed E-state index contributed by atoms with van der Waals surface area (Å²) < 4.78 is 5.12. The third-order valence-electron chi connectivity index (χ3n) is 1.53. The lowest BCUT2D eigenvalue weighted by Crippen LogP contribution is -2.32. The van der Waals surface area contributed by atoms with Gasteiger partial charge in [-0.05, 0) is 12.2 Å². The Morgan fingerprint density at radius 3 is 3.23 bits per heavy atom. The molecule has 0 bridgehead atoms. The van der Waals surface area contributed by atoms with E-state index in [2.05, 4.69) is 22.4 Å². The van der Waals surface area contributed by atoms with Gasteiger partial charge in [0, 0.05) is 13.0 Å². The van der Waals surface area contributed by atoms with Crippen LogP contribution in [0.2, 0.25) is 0 Å². The minimum atomic E-state index is 0.513. The zero-order valence-corrected chi connectivity index (χ0v) is 8.19. The Labute approximate surface area is 83.0 Å². The van der Waals surface area contributed by atoms with Crippen molar-refractivity contribution in [3.8, 4) is 0 Å². The maximum absolute atomic E-state index is 5.12. The van der Waals surface area contributed by atoms with Crippen molar-refractivity contribution in [3.63, 3.8) is 0 Å². The summed E-state index contributed by atoms with van der Waals surface area (Å²) in [4.78, 5) is 0. The molecule has 0 atom stereocenters. The predicted molar refractivity (Wildman–Crippen MR) is 56.8 cm³/mol. The normalized spacial score (nSPS) is 18.6. The zero-order valence-electron chi connectivity index (χ0n) is 7.38. The standard InChI is InChI=1S/C8H13N3OS/c1-2-4-9-8(13)11-10-7-3-5-12-6-7/h2H,1,3-6H2,(H2,9,11,13)/b10-7-. The largest absolute Gasteiger partial charge is 0.375 e. The van der Waals surface area contributed by atoms with Crippen LogP contribution in [0.4, 0.5) is 0 Å². The van der Waals surface area contributed by atoms with Gasteiger partial charge in [-0.3, -0.25) is 5.43 Å². The minimum Gasteiger partial charge on any atom is -0.375 e. The molecule has 0 amide bonds. The second-order valence-electron chi connectivity index (χ2n) is 2.59. The topological polar surface area (TPSA) is 45.7 Å². The first-order chi connectivity index (χ1) is 6.33. The fourth-order valence-corrected chi connectivity index (χ4v) is 1.00. The highest BCUT2D eigenvalue weighted by Gasteiger charge is 2.07. The van der Waals surface area contributed by atoms with Crippen LogP contribution in [0, 0.1) is 0 Å². The van der Waals surface area contributed by atoms with Crippen molar-refractivity contribution in [1.29, 1.82) is 0 Å². The van der Waals surface area contributed by atoms with E-state index in [0.717, 1.165) is 18.7 Å². The molecular weight excluding hydrogens is 186 g/mol. The van der Waals surface area contributed by atoms with E-state index in [1.807, 2.05) is 0 Å². The Morgan fingerprint density at radius 1 is 1.77 bits per heavy atom. The zero-order chi connectivity index (χ0) is 9.52. The molecule has 0 aliphatic carbocycles. The molecule has 0 aromatic heterocycles. The summed E-state index contributed by atoms with van der Waals surface area (Å²) in [5, 5.41) is 7.50. The third-order valence-corrected chi connectivity index (χ3v) is 1.76. The van der Waals surface area contributed by atoms with Crippen LogP contribution in [0.5, 0.6) is 0 Å². The average Bonchev–Trinajstić information content (AvgIpc) is 2.64. The molecule has 1 aliphatic heterocycles. The van der Waals surface area contributed by atoms with Crippen LogP contribution < -0.4 is 10.7 Å². The van der Waals surface area contributed by atoms with Gasteiger partial charge >= 0.3 is 0 Å². The van der Waals surface area contributed by atoms with Gasteiger partial charge in [-0.25, -0.2) is 0 Å². The number of hydrazone groups is 1. The smallest absolute Gasteiger partial charge is 0.187 e. The molecule has 0 spiro atoms. The first-order valence-electron chi connectivity index (χ1n) is 4.11. The van der Waals surface area contributed by atoms with Crippen molar-refractivity contribution in [2.75, 3.05) is 19.8 Å². The van der Waals surface area contributed by atoms with Gasteiger partial charge in [0.05, 0.1) is 18.9 Å². The summed E-state index contributed by atoms with van der Waals surface area (Å²) in [6.45, 7) is 5.58. The molecular formula is C8H13N3OS. The van der Waals surface area contributed by atoms with Gasteiger partial charge in [0.15, 0.2) is 5.11 Å². The number of thiocarbonyl (C=S) groups is 1. The van der Waals surface area contributed by atoms with Crippen molar-refractivity contribution in [2.45, 2.75) is 6.42 Å². The monoisotopic (exact) mass is 199 g/mol. The SMILES string of the molecule is C=CCNC(=S)N/N=C1/CCOC1. The fraction of sp³-hybridized carbons (Fsp3) is 0.500. The fourth-order valence-electron chi connectivity index (χ4n) is 0.875. The first kappa shape index (κ1) is 10.1. The van der Waals surface area contributed by atoms with Crippen LogP contribution in [-0.2, 0) is 4.74 Å². The molecule has 0 aromatic carbocycles. The summed E-state index contributed by atoms with van der Waals surface area (Å²) in [5.74, 6) is 0. The summed E-state index contributed by atoms with van der Waals surface area (Å²) in [6, 6.07) is 0.